The number of thioether (sulfide) groups is 1. The normalized spacial score (nSPS) is 11.7. The van der Waals surface area contributed by atoms with Crippen LogP contribution in [-0.2, 0) is 15.6 Å². The number of nitrogens with zero attached hydrogens (tertiary/aromatic N) is 5. The molecular weight excluding hydrogens is 417 g/mol. The van der Waals surface area contributed by atoms with Crippen molar-refractivity contribution in [2.45, 2.75) is 15.9 Å². The number of halogens is 1. The number of rotatable bonds is 6. The van der Waals surface area contributed by atoms with Gasteiger partial charge in [-0.1, -0.05) is 11.8 Å². The molecule has 0 saturated heterocycles. The molecule has 0 fully saturated rings. The van der Waals surface area contributed by atoms with E-state index in [0.717, 1.165) is 11.8 Å². The van der Waals surface area contributed by atoms with Crippen LogP contribution in [0, 0.1) is 5.82 Å². The summed E-state index contributed by atoms with van der Waals surface area (Å²) >= 11 is 1.30. The lowest BCUT2D eigenvalue weighted by Crippen LogP contribution is -2.03. The first-order valence-electron chi connectivity index (χ1n) is 8.32. The third-order valence-electron chi connectivity index (χ3n) is 3.98. The molecular formula is C18H14FN5O3S2. The summed E-state index contributed by atoms with van der Waals surface area (Å²) in [6.07, 6.45) is 2.72. The lowest BCUT2D eigenvalue weighted by atomic mass is 10.2. The maximum absolute atomic E-state index is 13.0. The van der Waals surface area contributed by atoms with Crippen LogP contribution in [0.5, 0.6) is 0 Å². The van der Waals surface area contributed by atoms with Crippen LogP contribution in [0.1, 0.15) is 5.82 Å². The van der Waals surface area contributed by atoms with Crippen molar-refractivity contribution < 1.29 is 17.2 Å². The number of oxazole rings is 1. The Hall–Kier alpha value is -3.05. The predicted molar refractivity (Wildman–Crippen MR) is 104 cm³/mol. The van der Waals surface area contributed by atoms with Crippen molar-refractivity contribution in [1.82, 2.24) is 25.2 Å². The molecule has 29 heavy (non-hydrogen) atoms. The van der Waals surface area contributed by atoms with Crippen molar-refractivity contribution in [3.05, 3.63) is 66.4 Å². The van der Waals surface area contributed by atoms with Gasteiger partial charge in [0.1, 0.15) is 5.82 Å². The lowest BCUT2D eigenvalue weighted by Gasteiger charge is -2.04. The molecule has 0 amide bonds. The van der Waals surface area contributed by atoms with E-state index < -0.39 is 9.84 Å². The third-order valence-corrected chi connectivity index (χ3v) is 5.95. The molecule has 0 atom stereocenters. The highest BCUT2D eigenvalue weighted by Crippen LogP contribution is 2.27. The van der Waals surface area contributed by atoms with Gasteiger partial charge in [-0.15, -0.1) is 5.10 Å². The Morgan fingerprint density at radius 3 is 2.52 bits per heavy atom. The fourth-order valence-corrected chi connectivity index (χ4v) is 3.87. The van der Waals surface area contributed by atoms with Crippen LogP contribution in [0.4, 0.5) is 4.39 Å². The third kappa shape index (κ3) is 4.35. The summed E-state index contributed by atoms with van der Waals surface area (Å²) in [5.74, 6) is 1.14. The number of hydrogen-bond donors (Lipinski definition) is 0. The van der Waals surface area contributed by atoms with E-state index in [0.29, 0.717) is 28.2 Å². The molecule has 4 aromatic rings. The van der Waals surface area contributed by atoms with Crippen molar-refractivity contribution in [3.63, 3.8) is 0 Å². The van der Waals surface area contributed by atoms with Gasteiger partial charge in [0.25, 0.3) is 5.22 Å². The molecule has 0 aliphatic rings. The van der Waals surface area contributed by atoms with Gasteiger partial charge in [0.2, 0.25) is 0 Å². The maximum Gasteiger partial charge on any atom is 0.256 e. The average Bonchev–Trinajstić information content (AvgIpc) is 3.36. The monoisotopic (exact) mass is 431 g/mol. The second-order valence-corrected chi connectivity index (χ2v) is 9.00. The Morgan fingerprint density at radius 1 is 1.10 bits per heavy atom. The molecule has 0 aliphatic heterocycles. The first-order chi connectivity index (χ1) is 13.9. The van der Waals surface area contributed by atoms with Gasteiger partial charge in [-0.3, -0.25) is 0 Å². The standard InChI is InChI=1S/C18H14FN5O3S2/c1-29(25,26)15-8-6-14(7-9-15)24-17(21-22-23-24)11-28-18-20-10-16(27-18)12-2-4-13(19)5-3-12/h2-10H,11H2,1H3. The highest BCUT2D eigenvalue weighted by molar-refractivity contribution is 7.98. The van der Waals surface area contributed by atoms with Crippen LogP contribution >= 0.6 is 11.8 Å². The van der Waals surface area contributed by atoms with Gasteiger partial charge < -0.3 is 4.42 Å². The Labute approximate surface area is 169 Å². The summed E-state index contributed by atoms with van der Waals surface area (Å²) in [4.78, 5) is 4.43. The van der Waals surface area contributed by atoms with E-state index in [1.165, 1.54) is 40.7 Å². The van der Waals surface area contributed by atoms with Gasteiger partial charge in [-0.25, -0.2) is 17.8 Å². The smallest absolute Gasteiger partial charge is 0.256 e. The molecule has 0 aliphatic carbocycles. The van der Waals surface area contributed by atoms with E-state index in [4.69, 9.17) is 4.42 Å². The Morgan fingerprint density at radius 2 is 1.83 bits per heavy atom. The van der Waals surface area contributed by atoms with Crippen LogP contribution in [0.2, 0.25) is 0 Å². The van der Waals surface area contributed by atoms with Gasteiger partial charge in [0.05, 0.1) is 22.5 Å². The van der Waals surface area contributed by atoms with Gasteiger partial charge in [0, 0.05) is 11.8 Å². The predicted octanol–water partition coefficient (Wildman–Crippen LogP) is 3.15. The quantitative estimate of drug-likeness (QED) is 0.429. The van der Waals surface area contributed by atoms with Crippen LogP contribution in [0.3, 0.4) is 0 Å². The molecule has 11 heteroatoms. The van der Waals surface area contributed by atoms with Crippen LogP contribution in [0.15, 0.2) is 69.3 Å². The molecule has 148 valence electrons. The van der Waals surface area contributed by atoms with Crippen LogP contribution < -0.4 is 0 Å². The van der Waals surface area contributed by atoms with Crippen molar-refractivity contribution in [2.75, 3.05) is 6.26 Å². The number of sulfone groups is 1. The van der Waals surface area contributed by atoms with Crippen molar-refractivity contribution in [3.8, 4) is 17.0 Å². The average molecular weight is 431 g/mol. The van der Waals surface area contributed by atoms with Crippen molar-refractivity contribution >= 4 is 21.6 Å². The van der Waals surface area contributed by atoms with Crippen LogP contribution in [0.25, 0.3) is 17.0 Å². The fraction of sp³-hybridized carbons (Fsp3) is 0.111. The highest BCUT2D eigenvalue weighted by Gasteiger charge is 2.13. The maximum atomic E-state index is 13.0. The van der Waals surface area contributed by atoms with Crippen molar-refractivity contribution in [1.29, 1.82) is 0 Å². The molecule has 2 aromatic carbocycles. The summed E-state index contributed by atoms with van der Waals surface area (Å²) in [5, 5.41) is 12.1. The molecule has 2 heterocycles. The minimum atomic E-state index is -3.27. The van der Waals surface area contributed by atoms with E-state index >= 15 is 0 Å². The van der Waals surface area contributed by atoms with E-state index in [-0.39, 0.29) is 10.7 Å². The topological polar surface area (TPSA) is 104 Å². The molecule has 0 spiro atoms. The van der Waals surface area contributed by atoms with Gasteiger partial charge >= 0.3 is 0 Å². The lowest BCUT2D eigenvalue weighted by molar-refractivity contribution is 0.466. The zero-order valence-electron chi connectivity index (χ0n) is 15.1. The molecule has 0 unspecified atom stereocenters. The molecule has 0 N–H and O–H groups in total. The Bertz CT molecular complexity index is 1240. The first-order valence-corrected chi connectivity index (χ1v) is 11.2. The Kier molecular flexibility index (Phi) is 5.16. The zero-order valence-corrected chi connectivity index (χ0v) is 16.7. The van der Waals surface area contributed by atoms with E-state index in [9.17, 15) is 12.8 Å². The number of hydrogen-bond acceptors (Lipinski definition) is 8. The molecule has 0 saturated carbocycles. The van der Waals surface area contributed by atoms with E-state index in [1.54, 1.807) is 30.5 Å². The molecule has 2 aromatic heterocycles. The SMILES string of the molecule is CS(=O)(=O)c1ccc(-n2nnnc2CSc2ncc(-c3ccc(F)cc3)o2)cc1. The van der Waals surface area contributed by atoms with Gasteiger partial charge in [-0.2, -0.15) is 4.68 Å². The summed E-state index contributed by atoms with van der Waals surface area (Å²) in [5.41, 5.74) is 1.36. The van der Waals surface area contributed by atoms with E-state index in [2.05, 4.69) is 20.5 Å². The summed E-state index contributed by atoms with van der Waals surface area (Å²) in [7, 11) is -3.27. The van der Waals surface area contributed by atoms with Gasteiger partial charge in [0.15, 0.2) is 21.4 Å². The zero-order chi connectivity index (χ0) is 20.4. The van der Waals surface area contributed by atoms with Gasteiger partial charge in [-0.05, 0) is 59.0 Å². The first kappa shape index (κ1) is 19.3. The summed E-state index contributed by atoms with van der Waals surface area (Å²) < 4.78 is 43.4. The molecule has 0 radical (unpaired) electrons. The molecule has 8 nitrogen and oxygen atoms in total. The molecule has 4 rings (SSSR count). The summed E-state index contributed by atoms with van der Waals surface area (Å²) in [6.45, 7) is 0. The van der Waals surface area contributed by atoms with Crippen LogP contribution in [-0.4, -0.2) is 39.9 Å². The fourth-order valence-electron chi connectivity index (χ4n) is 2.53. The summed E-state index contributed by atoms with van der Waals surface area (Å²) in [6, 6.07) is 12.2. The minimum Gasteiger partial charge on any atom is -0.431 e. The Balaban J connectivity index is 1.48. The largest absolute Gasteiger partial charge is 0.431 e. The second kappa shape index (κ2) is 7.76. The van der Waals surface area contributed by atoms with Crippen molar-refractivity contribution in [2.24, 2.45) is 0 Å². The second-order valence-electron chi connectivity index (χ2n) is 6.06. The van der Waals surface area contributed by atoms with E-state index in [1.807, 2.05) is 0 Å². The number of aromatic nitrogens is 5. The molecule has 0 bridgehead atoms. The number of benzene rings is 2. The highest BCUT2D eigenvalue weighted by atomic mass is 32.2. The number of tetrazole rings is 1. The minimum absolute atomic E-state index is 0.221.